The lowest BCUT2D eigenvalue weighted by atomic mass is 9.91. The molecule has 1 aliphatic rings. The molecule has 0 aliphatic heterocycles. The molecule has 118 valence electrons. The van der Waals surface area contributed by atoms with Crippen molar-refractivity contribution in [2.75, 3.05) is 18.5 Å². The molecule has 2 N–H and O–H groups in total. The van der Waals surface area contributed by atoms with Crippen molar-refractivity contribution in [3.8, 4) is 0 Å². The first kappa shape index (κ1) is 16.3. The number of nitrogens with zero attached hydrogens (tertiary/aromatic N) is 1. The van der Waals surface area contributed by atoms with Crippen LogP contribution in [0.3, 0.4) is 0 Å². The Hall–Kier alpha value is -1.11. The highest BCUT2D eigenvalue weighted by Gasteiger charge is 2.29. The first-order valence-electron chi connectivity index (χ1n) is 7.47. The van der Waals surface area contributed by atoms with Gasteiger partial charge in [-0.2, -0.15) is 0 Å². The van der Waals surface area contributed by atoms with Crippen LogP contribution in [-0.4, -0.2) is 39.3 Å². The van der Waals surface area contributed by atoms with Gasteiger partial charge >= 0.3 is 0 Å². The normalized spacial score (nSPS) is 23.0. The van der Waals surface area contributed by atoms with Crippen LogP contribution in [0.25, 0.3) is 0 Å². The number of likely N-dealkylation sites (N-methyl/N-ethyl adjacent to an activating group) is 1. The molecule has 2 unspecified atom stereocenters. The van der Waals surface area contributed by atoms with Gasteiger partial charge in [-0.25, -0.2) is 13.1 Å². The van der Waals surface area contributed by atoms with Gasteiger partial charge in [0, 0.05) is 13.6 Å². The van der Waals surface area contributed by atoms with E-state index in [2.05, 4.69) is 4.72 Å². The first-order chi connectivity index (χ1) is 9.97. The molecule has 0 heterocycles. The number of sulfonamides is 1. The third kappa shape index (κ3) is 3.56. The van der Waals surface area contributed by atoms with Crippen LogP contribution in [0.1, 0.15) is 32.6 Å². The van der Waals surface area contributed by atoms with Crippen molar-refractivity contribution in [1.82, 2.24) is 4.72 Å². The second-order valence-corrected chi connectivity index (χ2v) is 7.23. The number of hydrogen-bond donors (Lipinski definition) is 2. The smallest absolute Gasteiger partial charge is 0.242 e. The van der Waals surface area contributed by atoms with Crippen molar-refractivity contribution in [1.29, 1.82) is 0 Å². The summed E-state index contributed by atoms with van der Waals surface area (Å²) in [5.41, 5.74) is 0.643. The third-order valence-corrected chi connectivity index (χ3v) is 5.65. The molecule has 1 aliphatic carbocycles. The average molecular weight is 312 g/mol. The minimum absolute atomic E-state index is 0.0308. The van der Waals surface area contributed by atoms with Gasteiger partial charge in [0.25, 0.3) is 0 Å². The maximum absolute atomic E-state index is 12.3. The average Bonchev–Trinajstić information content (AvgIpc) is 2.47. The van der Waals surface area contributed by atoms with Crippen LogP contribution in [0.5, 0.6) is 0 Å². The van der Waals surface area contributed by atoms with Crippen molar-refractivity contribution < 1.29 is 13.5 Å². The van der Waals surface area contributed by atoms with Gasteiger partial charge < -0.3 is 10.0 Å². The zero-order chi connectivity index (χ0) is 15.5. The van der Waals surface area contributed by atoms with Gasteiger partial charge in [0.2, 0.25) is 10.0 Å². The summed E-state index contributed by atoms with van der Waals surface area (Å²) in [5.74, 6) is 0. The van der Waals surface area contributed by atoms with Crippen LogP contribution in [0.15, 0.2) is 29.2 Å². The fraction of sp³-hybridized carbons (Fsp3) is 0.600. The quantitative estimate of drug-likeness (QED) is 0.868. The van der Waals surface area contributed by atoms with Crippen molar-refractivity contribution >= 4 is 15.7 Å². The van der Waals surface area contributed by atoms with Gasteiger partial charge in [-0.05, 0) is 25.0 Å². The zero-order valence-electron chi connectivity index (χ0n) is 12.6. The van der Waals surface area contributed by atoms with Crippen LogP contribution >= 0.6 is 0 Å². The van der Waals surface area contributed by atoms with E-state index < -0.39 is 16.1 Å². The summed E-state index contributed by atoms with van der Waals surface area (Å²) < 4.78 is 27.2. The van der Waals surface area contributed by atoms with E-state index in [4.69, 9.17) is 0 Å². The summed E-state index contributed by atoms with van der Waals surface area (Å²) >= 11 is 0. The molecule has 6 heteroatoms. The molecule has 2 rings (SSSR count). The van der Waals surface area contributed by atoms with Crippen LogP contribution in [0, 0.1) is 0 Å². The second-order valence-electron chi connectivity index (χ2n) is 5.50. The largest absolute Gasteiger partial charge is 0.391 e. The molecule has 0 bridgehead atoms. The highest BCUT2D eigenvalue weighted by molar-refractivity contribution is 7.89. The summed E-state index contributed by atoms with van der Waals surface area (Å²) in [6.07, 6.45) is 3.35. The fourth-order valence-corrected chi connectivity index (χ4v) is 4.25. The van der Waals surface area contributed by atoms with Crippen LogP contribution in [0.4, 0.5) is 5.69 Å². The standard InChI is InChI=1S/C15H24N2O3S/c1-3-16-21(19,20)15-11-7-5-9-13(15)17(2)12-8-4-6-10-14(12)18/h5,7,9,11-12,14,16,18H,3-4,6,8,10H2,1-2H3. The maximum atomic E-state index is 12.3. The van der Waals surface area contributed by atoms with Crippen molar-refractivity contribution in [3.05, 3.63) is 24.3 Å². The topological polar surface area (TPSA) is 69.6 Å². The summed E-state index contributed by atoms with van der Waals surface area (Å²) in [5, 5.41) is 10.2. The maximum Gasteiger partial charge on any atom is 0.242 e. The summed E-state index contributed by atoms with van der Waals surface area (Å²) in [6.45, 7) is 2.11. The molecule has 0 saturated heterocycles. The number of para-hydroxylation sites is 1. The van der Waals surface area contributed by atoms with E-state index in [1.165, 1.54) is 0 Å². The molecule has 0 spiro atoms. The van der Waals surface area contributed by atoms with Gasteiger partial charge in [-0.3, -0.25) is 0 Å². The highest BCUT2D eigenvalue weighted by Crippen LogP contribution is 2.30. The van der Waals surface area contributed by atoms with Gasteiger partial charge in [0.05, 0.1) is 17.8 Å². The Bertz CT molecular complexity index is 574. The van der Waals surface area contributed by atoms with E-state index in [0.717, 1.165) is 25.7 Å². The number of aliphatic hydroxyl groups is 1. The molecule has 0 amide bonds. The van der Waals surface area contributed by atoms with E-state index >= 15 is 0 Å². The summed E-state index contributed by atoms with van der Waals surface area (Å²) in [4.78, 5) is 2.18. The minimum atomic E-state index is -3.52. The lowest BCUT2D eigenvalue weighted by molar-refractivity contribution is 0.106. The van der Waals surface area contributed by atoms with Crippen LogP contribution in [-0.2, 0) is 10.0 Å². The van der Waals surface area contributed by atoms with Gasteiger partial charge in [-0.1, -0.05) is 31.9 Å². The van der Waals surface area contributed by atoms with E-state index in [9.17, 15) is 13.5 Å². The molecular formula is C15H24N2O3S. The zero-order valence-corrected chi connectivity index (χ0v) is 13.4. The lowest BCUT2D eigenvalue weighted by Gasteiger charge is -2.37. The molecule has 1 aromatic carbocycles. The number of aliphatic hydroxyl groups excluding tert-OH is 1. The second kappa shape index (κ2) is 6.77. The van der Waals surface area contributed by atoms with E-state index in [0.29, 0.717) is 12.2 Å². The Morgan fingerprint density at radius 3 is 2.62 bits per heavy atom. The number of hydrogen-bond acceptors (Lipinski definition) is 4. The Morgan fingerprint density at radius 2 is 1.95 bits per heavy atom. The third-order valence-electron chi connectivity index (χ3n) is 4.06. The number of rotatable bonds is 5. The van der Waals surface area contributed by atoms with E-state index in [1.807, 2.05) is 18.0 Å². The number of nitrogens with one attached hydrogen (secondary N) is 1. The Morgan fingerprint density at radius 1 is 1.29 bits per heavy atom. The van der Waals surface area contributed by atoms with Crippen molar-refractivity contribution in [2.45, 2.75) is 49.6 Å². The van der Waals surface area contributed by atoms with E-state index in [1.54, 1.807) is 25.1 Å². The molecule has 2 atom stereocenters. The summed E-state index contributed by atoms with van der Waals surface area (Å²) in [7, 11) is -1.65. The highest BCUT2D eigenvalue weighted by atomic mass is 32.2. The molecule has 1 saturated carbocycles. The van der Waals surface area contributed by atoms with Crippen molar-refractivity contribution in [3.63, 3.8) is 0 Å². The number of benzene rings is 1. The molecule has 0 aromatic heterocycles. The molecular weight excluding hydrogens is 288 g/mol. The molecule has 1 aromatic rings. The van der Waals surface area contributed by atoms with Crippen molar-refractivity contribution in [2.24, 2.45) is 0 Å². The van der Waals surface area contributed by atoms with Crippen LogP contribution < -0.4 is 9.62 Å². The monoisotopic (exact) mass is 312 g/mol. The molecule has 21 heavy (non-hydrogen) atoms. The predicted molar refractivity (Wildman–Crippen MR) is 84.0 cm³/mol. The van der Waals surface area contributed by atoms with Gasteiger partial charge in [-0.15, -0.1) is 0 Å². The molecule has 5 nitrogen and oxygen atoms in total. The van der Waals surface area contributed by atoms with Gasteiger partial charge in [0.15, 0.2) is 0 Å². The Kier molecular flexibility index (Phi) is 5.24. The SMILES string of the molecule is CCNS(=O)(=O)c1ccccc1N(C)C1CCCCC1O. The lowest BCUT2D eigenvalue weighted by Crippen LogP contribution is -2.44. The van der Waals surface area contributed by atoms with E-state index in [-0.39, 0.29) is 10.9 Å². The van der Waals surface area contributed by atoms with Gasteiger partial charge in [0.1, 0.15) is 4.90 Å². The number of anilines is 1. The predicted octanol–water partition coefficient (Wildman–Crippen LogP) is 1.72. The fourth-order valence-electron chi connectivity index (χ4n) is 2.97. The minimum Gasteiger partial charge on any atom is -0.391 e. The Balaban J connectivity index is 2.35. The molecule has 0 radical (unpaired) electrons. The first-order valence-corrected chi connectivity index (χ1v) is 8.95. The summed E-state index contributed by atoms with van der Waals surface area (Å²) in [6, 6.07) is 6.92. The Labute approximate surface area is 127 Å². The molecule has 1 fully saturated rings. The van der Waals surface area contributed by atoms with Crippen LogP contribution in [0.2, 0.25) is 0 Å².